The number of amides is 1. The quantitative estimate of drug-likeness (QED) is 0.400. The van der Waals surface area contributed by atoms with Gasteiger partial charge < -0.3 is 14.8 Å². The number of carbonyl (C=O) groups excluding carboxylic acids is 1. The van der Waals surface area contributed by atoms with Crippen molar-refractivity contribution >= 4 is 65.9 Å². The average Bonchev–Trinajstić information content (AvgIpc) is 3.30. The molecule has 1 N–H and O–H groups in total. The van der Waals surface area contributed by atoms with Crippen LogP contribution in [-0.4, -0.2) is 39.8 Å². The van der Waals surface area contributed by atoms with Gasteiger partial charge in [0.15, 0.2) is 16.6 Å². The zero-order chi connectivity index (χ0) is 18.2. The van der Waals surface area contributed by atoms with Crippen molar-refractivity contribution in [2.45, 2.75) is 5.03 Å². The lowest BCUT2D eigenvalue weighted by Crippen LogP contribution is -2.15. The molecule has 0 saturated carbocycles. The maximum Gasteiger partial charge on any atom is 0.236 e. The summed E-state index contributed by atoms with van der Waals surface area (Å²) in [5.74, 6) is 1.54. The highest BCUT2D eigenvalue weighted by molar-refractivity contribution is 8.00. The van der Waals surface area contributed by atoms with Crippen LogP contribution in [-0.2, 0) is 4.79 Å². The highest BCUT2D eigenvalue weighted by Gasteiger charge is 2.16. The SMILES string of the molecule is O=C(CSc1ncnc2ccsc12)Nc1nc2cc3c(cc2s1)OCCO3. The maximum atomic E-state index is 12.3. The molecule has 1 amide bonds. The van der Waals surface area contributed by atoms with Gasteiger partial charge in [-0.2, -0.15) is 0 Å². The number of benzene rings is 1. The lowest BCUT2D eigenvalue weighted by Gasteiger charge is -2.17. The standard InChI is InChI=1S/C17H12N4O3S3/c22-14(7-26-16-15-9(1-4-25-15)18-8-19-16)21-17-20-10-5-11-12(6-13(10)27-17)24-3-2-23-11/h1,4-6,8H,2-3,7H2,(H,20,21,22). The molecule has 1 aliphatic heterocycles. The van der Waals surface area contributed by atoms with E-state index in [1.807, 2.05) is 23.6 Å². The monoisotopic (exact) mass is 416 g/mol. The Kier molecular flexibility index (Phi) is 4.30. The van der Waals surface area contributed by atoms with E-state index in [9.17, 15) is 4.79 Å². The molecule has 0 aliphatic carbocycles. The van der Waals surface area contributed by atoms with Gasteiger partial charge >= 0.3 is 0 Å². The lowest BCUT2D eigenvalue weighted by molar-refractivity contribution is -0.113. The van der Waals surface area contributed by atoms with E-state index in [0.717, 1.165) is 31.2 Å². The normalized spacial score (nSPS) is 13.2. The summed E-state index contributed by atoms with van der Waals surface area (Å²) < 4.78 is 13.1. The summed E-state index contributed by atoms with van der Waals surface area (Å²) in [5, 5.41) is 6.20. The number of thioether (sulfide) groups is 1. The van der Waals surface area contributed by atoms with Gasteiger partial charge in [-0.15, -0.1) is 11.3 Å². The molecule has 0 spiro atoms. The number of carbonyl (C=O) groups is 1. The first kappa shape index (κ1) is 16.7. The van der Waals surface area contributed by atoms with Crippen LogP contribution in [0.25, 0.3) is 20.4 Å². The lowest BCUT2D eigenvalue weighted by atomic mass is 10.3. The summed E-state index contributed by atoms with van der Waals surface area (Å²) in [6, 6.07) is 5.69. The highest BCUT2D eigenvalue weighted by Crippen LogP contribution is 2.38. The van der Waals surface area contributed by atoms with Crippen molar-refractivity contribution in [1.82, 2.24) is 15.0 Å². The van der Waals surface area contributed by atoms with Crippen molar-refractivity contribution in [2.24, 2.45) is 0 Å². The molecular formula is C17H12N4O3S3. The van der Waals surface area contributed by atoms with Crippen LogP contribution >= 0.6 is 34.4 Å². The number of nitrogens with one attached hydrogen (secondary N) is 1. The van der Waals surface area contributed by atoms with Crippen molar-refractivity contribution in [3.63, 3.8) is 0 Å². The largest absolute Gasteiger partial charge is 0.486 e. The molecule has 1 aliphatic rings. The molecule has 136 valence electrons. The zero-order valence-electron chi connectivity index (χ0n) is 13.8. The summed E-state index contributed by atoms with van der Waals surface area (Å²) in [5.41, 5.74) is 1.68. The Morgan fingerprint density at radius 2 is 2.04 bits per heavy atom. The van der Waals surface area contributed by atoms with Gasteiger partial charge in [0, 0.05) is 12.1 Å². The van der Waals surface area contributed by atoms with Gasteiger partial charge in [-0.05, 0) is 11.4 Å². The van der Waals surface area contributed by atoms with E-state index in [1.54, 1.807) is 11.3 Å². The summed E-state index contributed by atoms with van der Waals surface area (Å²) in [6.07, 6.45) is 1.52. The number of hydrogen-bond donors (Lipinski definition) is 1. The van der Waals surface area contributed by atoms with Gasteiger partial charge in [0.25, 0.3) is 0 Å². The minimum absolute atomic E-state index is 0.125. The summed E-state index contributed by atoms with van der Waals surface area (Å²) in [7, 11) is 0. The van der Waals surface area contributed by atoms with Gasteiger partial charge in [0.05, 0.1) is 26.2 Å². The van der Waals surface area contributed by atoms with Gasteiger partial charge in [-0.25, -0.2) is 15.0 Å². The first-order valence-corrected chi connectivity index (χ1v) is 10.8. The van der Waals surface area contributed by atoms with Crippen LogP contribution in [0.1, 0.15) is 0 Å². The number of aromatic nitrogens is 3. The summed E-state index contributed by atoms with van der Waals surface area (Å²) in [4.78, 5) is 25.3. The fourth-order valence-corrected chi connectivity index (χ4v) is 5.32. The topological polar surface area (TPSA) is 86.2 Å². The van der Waals surface area contributed by atoms with Gasteiger partial charge in [-0.1, -0.05) is 23.1 Å². The number of rotatable bonds is 4. The summed E-state index contributed by atoms with van der Waals surface area (Å²) >= 11 is 4.38. The number of ether oxygens (including phenoxy) is 2. The number of thiophene rings is 1. The Labute approximate surface area is 165 Å². The Morgan fingerprint density at radius 1 is 1.19 bits per heavy atom. The molecule has 0 saturated heterocycles. The van der Waals surface area contributed by atoms with Gasteiger partial charge in [0.1, 0.15) is 24.6 Å². The second-order valence-corrected chi connectivity index (χ2v) is 8.54. The van der Waals surface area contributed by atoms with E-state index in [-0.39, 0.29) is 11.7 Å². The molecule has 4 aromatic rings. The van der Waals surface area contributed by atoms with Crippen LogP contribution in [0.5, 0.6) is 11.5 Å². The number of anilines is 1. The summed E-state index contributed by atoms with van der Waals surface area (Å²) in [6.45, 7) is 1.07. The van der Waals surface area contributed by atoms with Crippen LogP contribution in [0.3, 0.4) is 0 Å². The Morgan fingerprint density at radius 3 is 2.93 bits per heavy atom. The molecule has 0 fully saturated rings. The highest BCUT2D eigenvalue weighted by atomic mass is 32.2. The smallest absolute Gasteiger partial charge is 0.236 e. The van der Waals surface area contributed by atoms with Crippen molar-refractivity contribution in [1.29, 1.82) is 0 Å². The third kappa shape index (κ3) is 3.31. The van der Waals surface area contributed by atoms with Gasteiger partial charge in [0.2, 0.25) is 5.91 Å². The fraction of sp³-hybridized carbons (Fsp3) is 0.176. The molecule has 4 heterocycles. The maximum absolute atomic E-state index is 12.3. The molecular weight excluding hydrogens is 404 g/mol. The van der Waals surface area contributed by atoms with E-state index in [2.05, 4.69) is 20.3 Å². The molecule has 0 atom stereocenters. The number of fused-ring (bicyclic) bond motifs is 3. The molecule has 0 unspecified atom stereocenters. The third-order valence-electron chi connectivity index (χ3n) is 3.85. The second-order valence-electron chi connectivity index (χ2n) is 5.63. The average molecular weight is 417 g/mol. The predicted molar refractivity (Wildman–Crippen MR) is 107 cm³/mol. The minimum Gasteiger partial charge on any atom is -0.486 e. The second kappa shape index (κ2) is 6.95. The first-order valence-electron chi connectivity index (χ1n) is 8.07. The minimum atomic E-state index is -0.125. The third-order valence-corrected chi connectivity index (χ3v) is 6.81. The predicted octanol–water partition coefficient (Wildman–Crippen LogP) is 3.80. The zero-order valence-corrected chi connectivity index (χ0v) is 16.2. The Balaban J connectivity index is 1.30. The Bertz CT molecular complexity index is 1110. The van der Waals surface area contributed by atoms with Crippen LogP contribution in [0.4, 0.5) is 5.13 Å². The molecule has 10 heteroatoms. The first-order chi connectivity index (χ1) is 13.3. The molecule has 7 nitrogen and oxygen atoms in total. The van der Waals surface area contributed by atoms with Crippen molar-refractivity contribution < 1.29 is 14.3 Å². The van der Waals surface area contributed by atoms with E-state index in [4.69, 9.17) is 9.47 Å². The molecule has 27 heavy (non-hydrogen) atoms. The van der Waals surface area contributed by atoms with Gasteiger partial charge in [-0.3, -0.25) is 4.79 Å². The van der Waals surface area contributed by atoms with E-state index < -0.39 is 0 Å². The number of thiazole rings is 1. The molecule has 5 rings (SSSR count). The number of nitrogens with zero attached hydrogens (tertiary/aromatic N) is 3. The fourth-order valence-electron chi connectivity index (χ4n) is 2.68. The molecule has 0 bridgehead atoms. The van der Waals surface area contributed by atoms with Crippen LogP contribution in [0, 0.1) is 0 Å². The van der Waals surface area contributed by atoms with Crippen LogP contribution in [0.2, 0.25) is 0 Å². The van der Waals surface area contributed by atoms with Crippen molar-refractivity contribution in [3.8, 4) is 11.5 Å². The van der Waals surface area contributed by atoms with E-state index in [0.29, 0.717) is 24.1 Å². The Hall–Kier alpha value is -2.43. The van der Waals surface area contributed by atoms with Crippen LogP contribution in [0.15, 0.2) is 34.9 Å². The molecule has 1 aromatic carbocycles. The van der Waals surface area contributed by atoms with Crippen molar-refractivity contribution in [3.05, 3.63) is 29.9 Å². The molecule has 3 aromatic heterocycles. The van der Waals surface area contributed by atoms with E-state index in [1.165, 1.54) is 29.4 Å². The molecule has 0 radical (unpaired) electrons. The number of hydrogen-bond acceptors (Lipinski definition) is 9. The van der Waals surface area contributed by atoms with E-state index >= 15 is 0 Å². The van der Waals surface area contributed by atoms with Crippen LogP contribution < -0.4 is 14.8 Å². The van der Waals surface area contributed by atoms with Crippen molar-refractivity contribution in [2.75, 3.05) is 24.3 Å².